The zero-order valence-corrected chi connectivity index (χ0v) is 22.1. The minimum absolute atomic E-state index is 0.100. The summed E-state index contributed by atoms with van der Waals surface area (Å²) in [4.78, 5) is 28.5. The summed E-state index contributed by atoms with van der Waals surface area (Å²) in [6.45, 7) is 3.58. The van der Waals surface area contributed by atoms with E-state index in [2.05, 4.69) is 5.32 Å². The van der Waals surface area contributed by atoms with E-state index in [1.165, 1.54) is 12.0 Å². The predicted octanol–water partition coefficient (Wildman–Crippen LogP) is 5.55. The van der Waals surface area contributed by atoms with Gasteiger partial charge in [-0.2, -0.15) is 0 Å². The fourth-order valence-electron chi connectivity index (χ4n) is 3.73. The van der Waals surface area contributed by atoms with Gasteiger partial charge in [0, 0.05) is 29.1 Å². The topological polar surface area (TPSA) is 67.9 Å². The minimum atomic E-state index is -0.796. The van der Waals surface area contributed by atoms with Crippen LogP contribution in [0, 0.1) is 0 Å². The van der Waals surface area contributed by atoms with Crippen molar-refractivity contribution in [2.45, 2.75) is 38.9 Å². The van der Waals surface area contributed by atoms with Crippen LogP contribution in [-0.2, 0) is 22.6 Å². The standard InChI is InChI=1S/C28H30Cl2N2O4/c1-19(2)31-28(34)24(15-20-9-5-4-6-10-20)32(17-21-13-14-22(29)16-23(21)30)27(33)18-36-26-12-8-7-11-25(26)35-3/h4-14,16,19,24H,15,17-18H2,1-3H3,(H,31,34)/t24-/m1/s1. The van der Waals surface area contributed by atoms with Crippen LogP contribution in [0.1, 0.15) is 25.0 Å². The van der Waals surface area contributed by atoms with Gasteiger partial charge in [0.05, 0.1) is 7.11 Å². The van der Waals surface area contributed by atoms with E-state index in [-0.39, 0.29) is 31.0 Å². The maximum absolute atomic E-state index is 13.6. The molecule has 0 radical (unpaired) electrons. The van der Waals surface area contributed by atoms with Crippen LogP contribution in [0.2, 0.25) is 10.0 Å². The molecular formula is C28H30Cl2N2O4. The average Bonchev–Trinajstić information content (AvgIpc) is 2.86. The number of hydrogen-bond acceptors (Lipinski definition) is 4. The normalized spacial score (nSPS) is 11.6. The van der Waals surface area contributed by atoms with Crippen molar-refractivity contribution < 1.29 is 19.1 Å². The highest BCUT2D eigenvalue weighted by molar-refractivity contribution is 6.35. The summed E-state index contributed by atoms with van der Waals surface area (Å²) >= 11 is 12.5. The predicted molar refractivity (Wildman–Crippen MR) is 143 cm³/mol. The molecule has 3 rings (SSSR count). The number of nitrogens with zero attached hydrogens (tertiary/aromatic N) is 1. The van der Waals surface area contributed by atoms with Gasteiger partial charge in [-0.05, 0) is 49.2 Å². The lowest BCUT2D eigenvalue weighted by Gasteiger charge is -2.32. The number of amides is 2. The molecule has 0 unspecified atom stereocenters. The maximum atomic E-state index is 13.6. The molecule has 6 nitrogen and oxygen atoms in total. The molecule has 1 atom stereocenters. The van der Waals surface area contributed by atoms with E-state index in [4.69, 9.17) is 32.7 Å². The molecule has 0 aliphatic rings. The number of methoxy groups -OCH3 is 1. The molecule has 0 heterocycles. The number of carbonyl (C=O) groups is 2. The van der Waals surface area contributed by atoms with Crippen molar-refractivity contribution >= 4 is 35.0 Å². The van der Waals surface area contributed by atoms with Gasteiger partial charge in [0.15, 0.2) is 18.1 Å². The number of ether oxygens (including phenoxy) is 2. The van der Waals surface area contributed by atoms with Crippen LogP contribution >= 0.6 is 23.2 Å². The van der Waals surface area contributed by atoms with Crippen LogP contribution in [0.15, 0.2) is 72.8 Å². The first kappa shape index (κ1) is 27.4. The molecule has 0 spiro atoms. The monoisotopic (exact) mass is 528 g/mol. The van der Waals surface area contributed by atoms with Gasteiger partial charge in [-0.15, -0.1) is 0 Å². The Labute approximate surface area is 222 Å². The van der Waals surface area contributed by atoms with Gasteiger partial charge in [0.25, 0.3) is 5.91 Å². The molecule has 3 aromatic carbocycles. The number of para-hydroxylation sites is 2. The van der Waals surface area contributed by atoms with E-state index >= 15 is 0 Å². The molecule has 0 saturated heterocycles. The van der Waals surface area contributed by atoms with Gasteiger partial charge in [-0.1, -0.05) is 71.7 Å². The van der Waals surface area contributed by atoms with E-state index in [1.807, 2.05) is 50.2 Å². The molecule has 3 aromatic rings. The largest absolute Gasteiger partial charge is 0.493 e. The lowest BCUT2D eigenvalue weighted by Crippen LogP contribution is -2.52. The molecule has 1 N–H and O–H groups in total. The fraction of sp³-hybridized carbons (Fsp3) is 0.286. The lowest BCUT2D eigenvalue weighted by molar-refractivity contribution is -0.143. The Morgan fingerprint density at radius 3 is 2.25 bits per heavy atom. The van der Waals surface area contributed by atoms with Gasteiger partial charge >= 0.3 is 0 Å². The molecule has 0 aliphatic heterocycles. The third kappa shape index (κ3) is 7.64. The van der Waals surface area contributed by atoms with Crippen LogP contribution in [0.5, 0.6) is 11.5 Å². The first-order valence-corrected chi connectivity index (χ1v) is 12.4. The summed E-state index contributed by atoms with van der Waals surface area (Å²) < 4.78 is 11.1. The fourth-order valence-corrected chi connectivity index (χ4v) is 4.20. The van der Waals surface area contributed by atoms with E-state index in [9.17, 15) is 9.59 Å². The van der Waals surface area contributed by atoms with Crippen molar-refractivity contribution in [3.63, 3.8) is 0 Å². The van der Waals surface area contributed by atoms with Crippen molar-refractivity contribution in [3.05, 3.63) is 94.0 Å². The first-order chi connectivity index (χ1) is 17.3. The first-order valence-electron chi connectivity index (χ1n) is 11.6. The van der Waals surface area contributed by atoms with Crippen molar-refractivity contribution in [1.29, 1.82) is 0 Å². The minimum Gasteiger partial charge on any atom is -0.493 e. The molecule has 0 aliphatic carbocycles. The Bertz CT molecular complexity index is 1170. The molecule has 0 bridgehead atoms. The number of halogens is 2. The van der Waals surface area contributed by atoms with Gasteiger partial charge in [-0.3, -0.25) is 9.59 Å². The Balaban J connectivity index is 1.95. The highest BCUT2D eigenvalue weighted by Crippen LogP contribution is 2.27. The van der Waals surface area contributed by atoms with Crippen LogP contribution in [-0.4, -0.2) is 42.5 Å². The number of hydrogen-bond donors (Lipinski definition) is 1. The summed E-state index contributed by atoms with van der Waals surface area (Å²) in [5, 5.41) is 3.85. The number of rotatable bonds is 11. The third-order valence-electron chi connectivity index (χ3n) is 5.48. The van der Waals surface area contributed by atoms with E-state index in [1.54, 1.807) is 36.4 Å². The van der Waals surface area contributed by atoms with E-state index in [0.29, 0.717) is 33.5 Å². The molecular weight excluding hydrogens is 499 g/mol. The summed E-state index contributed by atoms with van der Waals surface area (Å²) in [7, 11) is 1.53. The van der Waals surface area contributed by atoms with Gasteiger partial charge in [0.1, 0.15) is 6.04 Å². The van der Waals surface area contributed by atoms with Crippen LogP contribution in [0.25, 0.3) is 0 Å². The maximum Gasteiger partial charge on any atom is 0.261 e. The van der Waals surface area contributed by atoms with E-state index in [0.717, 1.165) is 5.56 Å². The van der Waals surface area contributed by atoms with E-state index < -0.39 is 6.04 Å². The second kappa shape index (κ2) is 13.2. The average molecular weight is 529 g/mol. The Morgan fingerprint density at radius 2 is 1.61 bits per heavy atom. The van der Waals surface area contributed by atoms with Crippen LogP contribution < -0.4 is 14.8 Å². The molecule has 0 saturated carbocycles. The molecule has 2 amide bonds. The number of benzene rings is 3. The summed E-state index contributed by atoms with van der Waals surface area (Å²) in [5.41, 5.74) is 1.59. The number of nitrogens with one attached hydrogen (secondary N) is 1. The Hall–Kier alpha value is -3.22. The van der Waals surface area contributed by atoms with Crippen molar-refractivity contribution in [2.75, 3.05) is 13.7 Å². The molecule has 190 valence electrons. The second-order valence-electron chi connectivity index (χ2n) is 8.57. The third-order valence-corrected chi connectivity index (χ3v) is 6.06. The molecule has 0 aromatic heterocycles. The van der Waals surface area contributed by atoms with Gasteiger partial charge in [-0.25, -0.2) is 0 Å². The Morgan fingerprint density at radius 1 is 0.944 bits per heavy atom. The van der Waals surface area contributed by atoms with Gasteiger partial charge < -0.3 is 19.7 Å². The van der Waals surface area contributed by atoms with Crippen LogP contribution in [0.4, 0.5) is 0 Å². The summed E-state index contributed by atoms with van der Waals surface area (Å²) in [5.74, 6) is 0.316. The lowest BCUT2D eigenvalue weighted by atomic mass is 10.0. The summed E-state index contributed by atoms with van der Waals surface area (Å²) in [6.07, 6.45) is 0.324. The zero-order valence-electron chi connectivity index (χ0n) is 20.5. The summed E-state index contributed by atoms with van der Waals surface area (Å²) in [6, 6.07) is 20.8. The zero-order chi connectivity index (χ0) is 26.1. The quantitative estimate of drug-likeness (QED) is 0.354. The Kier molecular flexibility index (Phi) is 10.0. The smallest absolute Gasteiger partial charge is 0.261 e. The number of carbonyl (C=O) groups excluding carboxylic acids is 2. The SMILES string of the molecule is COc1ccccc1OCC(=O)N(Cc1ccc(Cl)cc1Cl)[C@H](Cc1ccccc1)C(=O)NC(C)C. The van der Waals surface area contributed by atoms with Gasteiger partial charge in [0.2, 0.25) is 5.91 Å². The molecule has 8 heteroatoms. The second-order valence-corrected chi connectivity index (χ2v) is 9.41. The van der Waals surface area contributed by atoms with Crippen molar-refractivity contribution in [3.8, 4) is 11.5 Å². The molecule has 0 fully saturated rings. The van der Waals surface area contributed by atoms with Crippen LogP contribution in [0.3, 0.4) is 0 Å². The molecule has 36 heavy (non-hydrogen) atoms. The highest BCUT2D eigenvalue weighted by atomic mass is 35.5. The van der Waals surface area contributed by atoms with Crippen molar-refractivity contribution in [1.82, 2.24) is 10.2 Å². The van der Waals surface area contributed by atoms with Crippen molar-refractivity contribution in [2.24, 2.45) is 0 Å². The highest BCUT2D eigenvalue weighted by Gasteiger charge is 2.31.